The highest BCUT2D eigenvalue weighted by molar-refractivity contribution is 5.95. The molecule has 34 heavy (non-hydrogen) atoms. The van der Waals surface area contributed by atoms with Crippen molar-refractivity contribution in [3.05, 3.63) is 88.5 Å². The number of carbonyl (C=O) groups is 1. The van der Waals surface area contributed by atoms with Crippen LogP contribution < -0.4 is 10.6 Å². The topological polar surface area (TPSA) is 98.5 Å². The Morgan fingerprint density at radius 2 is 1.88 bits per heavy atom. The van der Waals surface area contributed by atoms with Crippen molar-refractivity contribution in [1.82, 2.24) is 24.3 Å². The summed E-state index contributed by atoms with van der Waals surface area (Å²) in [6, 6.07) is 19.1. The number of pyridine rings is 1. The first-order valence-electron chi connectivity index (χ1n) is 11.0. The lowest BCUT2D eigenvalue weighted by Crippen LogP contribution is -2.35. The molecule has 0 N–H and O–H groups in total. The first-order valence-corrected chi connectivity index (χ1v) is 11.0. The van der Waals surface area contributed by atoms with Gasteiger partial charge in [-0.2, -0.15) is 4.98 Å². The minimum atomic E-state index is -0.407. The van der Waals surface area contributed by atoms with Gasteiger partial charge in [-0.15, -0.1) is 5.10 Å². The number of fused-ring (bicyclic) bond motifs is 2. The molecule has 2 aromatic carbocycles. The fourth-order valence-corrected chi connectivity index (χ4v) is 4.27. The van der Waals surface area contributed by atoms with E-state index in [-0.39, 0.29) is 18.3 Å². The second kappa shape index (κ2) is 7.80. The van der Waals surface area contributed by atoms with Crippen LogP contribution >= 0.6 is 0 Å². The van der Waals surface area contributed by atoms with E-state index in [0.29, 0.717) is 23.6 Å². The number of benzene rings is 2. The van der Waals surface area contributed by atoms with Crippen LogP contribution in [0.1, 0.15) is 11.1 Å². The van der Waals surface area contributed by atoms with E-state index in [9.17, 15) is 9.59 Å². The highest BCUT2D eigenvalue weighted by Crippen LogP contribution is 2.28. The number of hydrogen-bond acceptors (Lipinski definition) is 6. The number of anilines is 1. The van der Waals surface area contributed by atoms with Gasteiger partial charge in [-0.3, -0.25) is 4.79 Å². The molecule has 0 unspecified atom stereocenters. The number of hydrogen-bond donors (Lipinski definition) is 0. The Balaban J connectivity index is 1.33. The summed E-state index contributed by atoms with van der Waals surface area (Å²) >= 11 is 0. The molecule has 9 heteroatoms. The zero-order valence-corrected chi connectivity index (χ0v) is 18.4. The van der Waals surface area contributed by atoms with Gasteiger partial charge in [0.05, 0.1) is 5.56 Å². The van der Waals surface area contributed by atoms with Crippen molar-refractivity contribution >= 4 is 17.2 Å². The second-order valence-electron chi connectivity index (χ2n) is 8.27. The van der Waals surface area contributed by atoms with Crippen molar-refractivity contribution in [3.8, 4) is 22.8 Å². The molecule has 3 aromatic heterocycles. The highest BCUT2D eigenvalue weighted by atomic mass is 16.5. The van der Waals surface area contributed by atoms with Crippen molar-refractivity contribution in [3.63, 3.8) is 0 Å². The SMILES string of the molecule is Cc1ccc(-c2noc(-c3cccn4c(=O)n(CC(=O)N5CCc6ccccc65)nc34)n2)cc1. The molecule has 9 nitrogen and oxygen atoms in total. The number of amides is 1. The number of para-hydroxylation sites is 1. The van der Waals surface area contributed by atoms with Crippen LogP contribution in [-0.2, 0) is 17.8 Å². The Labute approximate surface area is 193 Å². The van der Waals surface area contributed by atoms with Crippen LogP contribution in [0, 0.1) is 6.92 Å². The van der Waals surface area contributed by atoms with Gasteiger partial charge < -0.3 is 9.42 Å². The van der Waals surface area contributed by atoms with Crippen molar-refractivity contribution in [1.29, 1.82) is 0 Å². The molecule has 0 radical (unpaired) electrons. The van der Waals surface area contributed by atoms with Gasteiger partial charge in [0.25, 0.3) is 5.89 Å². The van der Waals surface area contributed by atoms with Crippen molar-refractivity contribution < 1.29 is 9.32 Å². The van der Waals surface area contributed by atoms with Gasteiger partial charge in [0.1, 0.15) is 6.54 Å². The zero-order valence-electron chi connectivity index (χ0n) is 18.4. The molecule has 1 aliphatic heterocycles. The van der Waals surface area contributed by atoms with Crippen molar-refractivity contribution in [2.45, 2.75) is 19.9 Å². The third-order valence-corrected chi connectivity index (χ3v) is 6.05. The Morgan fingerprint density at radius 3 is 2.74 bits per heavy atom. The normalized spacial score (nSPS) is 12.9. The van der Waals surface area contributed by atoms with E-state index in [0.717, 1.165) is 28.8 Å². The van der Waals surface area contributed by atoms with E-state index >= 15 is 0 Å². The Kier molecular flexibility index (Phi) is 4.61. The largest absolute Gasteiger partial charge is 0.350 e. The molecule has 0 atom stereocenters. The first kappa shape index (κ1) is 20.1. The lowest BCUT2D eigenvalue weighted by molar-refractivity contribution is -0.119. The molecule has 0 spiro atoms. The monoisotopic (exact) mass is 452 g/mol. The predicted molar refractivity (Wildman–Crippen MR) is 125 cm³/mol. The van der Waals surface area contributed by atoms with Gasteiger partial charge in [-0.25, -0.2) is 13.9 Å². The predicted octanol–water partition coefficient (Wildman–Crippen LogP) is 3.11. The third kappa shape index (κ3) is 3.29. The minimum Gasteiger partial charge on any atom is -0.333 e. The molecule has 1 aliphatic rings. The highest BCUT2D eigenvalue weighted by Gasteiger charge is 2.26. The third-order valence-electron chi connectivity index (χ3n) is 6.05. The molecular weight excluding hydrogens is 432 g/mol. The number of carbonyl (C=O) groups excluding carboxylic acids is 1. The van der Waals surface area contributed by atoms with E-state index in [1.165, 1.54) is 9.08 Å². The van der Waals surface area contributed by atoms with E-state index in [2.05, 4.69) is 15.2 Å². The summed E-state index contributed by atoms with van der Waals surface area (Å²) in [6.45, 7) is 2.44. The number of rotatable bonds is 4. The maximum absolute atomic E-state index is 13.0. The van der Waals surface area contributed by atoms with Gasteiger partial charge in [-0.05, 0) is 37.1 Å². The molecule has 1 amide bonds. The fourth-order valence-electron chi connectivity index (χ4n) is 4.27. The Bertz CT molecular complexity index is 1600. The molecule has 168 valence electrons. The van der Waals surface area contributed by atoms with Crippen LogP contribution in [0.5, 0.6) is 0 Å². The van der Waals surface area contributed by atoms with Gasteiger partial charge in [0, 0.05) is 24.0 Å². The molecule has 0 fully saturated rings. The van der Waals surface area contributed by atoms with Crippen LogP contribution in [0.4, 0.5) is 5.69 Å². The van der Waals surface area contributed by atoms with Crippen LogP contribution in [0.3, 0.4) is 0 Å². The quantitative estimate of drug-likeness (QED) is 0.416. The van der Waals surface area contributed by atoms with E-state index in [1.807, 2.05) is 55.5 Å². The van der Waals surface area contributed by atoms with Crippen molar-refractivity contribution in [2.75, 3.05) is 11.4 Å². The summed E-state index contributed by atoms with van der Waals surface area (Å²) in [6.07, 6.45) is 2.41. The van der Waals surface area contributed by atoms with Crippen LogP contribution in [0.2, 0.25) is 0 Å². The Morgan fingerprint density at radius 1 is 1.06 bits per heavy atom. The summed E-state index contributed by atoms with van der Waals surface area (Å²) in [5.74, 6) is 0.510. The summed E-state index contributed by atoms with van der Waals surface area (Å²) in [4.78, 5) is 32.2. The van der Waals surface area contributed by atoms with Crippen LogP contribution in [-0.4, -0.2) is 36.8 Å². The molecule has 5 aromatic rings. The molecule has 4 heterocycles. The van der Waals surface area contributed by atoms with E-state index in [4.69, 9.17) is 4.52 Å². The lowest BCUT2D eigenvalue weighted by Gasteiger charge is -2.16. The van der Waals surface area contributed by atoms with Crippen LogP contribution in [0.15, 0.2) is 76.2 Å². The van der Waals surface area contributed by atoms with E-state index < -0.39 is 5.69 Å². The smallest absolute Gasteiger partial charge is 0.333 e. The molecule has 0 saturated heterocycles. The van der Waals surface area contributed by atoms with Crippen LogP contribution in [0.25, 0.3) is 28.5 Å². The van der Waals surface area contributed by atoms with Crippen molar-refractivity contribution in [2.24, 2.45) is 0 Å². The number of aromatic nitrogens is 5. The average molecular weight is 452 g/mol. The molecule has 0 aliphatic carbocycles. The maximum Gasteiger partial charge on any atom is 0.350 e. The molecular formula is C25H20N6O3. The Hall–Kier alpha value is -4.53. The number of aryl methyl sites for hydroxylation is 1. The average Bonchev–Trinajstić information content (AvgIpc) is 3.58. The standard InChI is InChI=1S/C25H20N6O3/c1-16-8-10-18(11-9-16)22-26-24(34-28-22)19-6-4-13-30-23(19)27-31(25(30)33)15-21(32)29-14-12-17-5-2-3-7-20(17)29/h2-11,13H,12,14-15H2,1H3. The van der Waals surface area contributed by atoms with Gasteiger partial charge in [0.2, 0.25) is 11.7 Å². The molecule has 0 bridgehead atoms. The summed E-state index contributed by atoms with van der Waals surface area (Å²) in [5.41, 5.74) is 4.43. The van der Waals surface area contributed by atoms with Gasteiger partial charge in [-0.1, -0.05) is 53.2 Å². The number of nitrogens with zero attached hydrogens (tertiary/aromatic N) is 6. The zero-order chi connectivity index (χ0) is 23.2. The lowest BCUT2D eigenvalue weighted by atomic mass is 10.1. The summed E-state index contributed by atoms with van der Waals surface area (Å²) in [5, 5.41) is 8.52. The van der Waals surface area contributed by atoms with Gasteiger partial charge >= 0.3 is 5.69 Å². The summed E-state index contributed by atoms with van der Waals surface area (Å²) < 4.78 is 8.06. The summed E-state index contributed by atoms with van der Waals surface area (Å²) in [7, 11) is 0. The minimum absolute atomic E-state index is 0.160. The molecule has 6 rings (SSSR count). The van der Waals surface area contributed by atoms with Gasteiger partial charge in [0.15, 0.2) is 5.65 Å². The maximum atomic E-state index is 13.0. The fraction of sp³-hybridized carbons (Fsp3) is 0.160. The molecule has 0 saturated carbocycles. The van der Waals surface area contributed by atoms with E-state index in [1.54, 1.807) is 23.2 Å². The second-order valence-corrected chi connectivity index (χ2v) is 8.27. The first-order chi connectivity index (χ1) is 16.6.